The first-order valence-corrected chi connectivity index (χ1v) is 5.79. The van der Waals surface area contributed by atoms with Crippen molar-refractivity contribution in [2.45, 2.75) is 0 Å². The fourth-order valence-corrected chi connectivity index (χ4v) is 1.64. The van der Waals surface area contributed by atoms with Crippen molar-refractivity contribution in [2.24, 2.45) is 0 Å². The van der Waals surface area contributed by atoms with Crippen molar-refractivity contribution in [3.8, 4) is 5.75 Å². The van der Waals surface area contributed by atoms with Gasteiger partial charge in [0.2, 0.25) is 0 Å². The Kier molecular flexibility index (Phi) is 4.85. The SMILES string of the molecule is C=C(CS)COc1ccc(Br)cc1Cl. The quantitative estimate of drug-likeness (QED) is 0.653. The lowest BCUT2D eigenvalue weighted by atomic mass is 10.3. The Balaban J connectivity index is 2.63. The van der Waals surface area contributed by atoms with Gasteiger partial charge in [-0.25, -0.2) is 0 Å². The molecule has 1 aromatic carbocycles. The highest BCUT2D eigenvalue weighted by Gasteiger charge is 2.02. The van der Waals surface area contributed by atoms with Crippen LogP contribution in [0.1, 0.15) is 0 Å². The lowest BCUT2D eigenvalue weighted by Crippen LogP contribution is -2.01. The largest absolute Gasteiger partial charge is 0.488 e. The average molecular weight is 294 g/mol. The van der Waals surface area contributed by atoms with E-state index in [1.807, 2.05) is 12.1 Å². The molecule has 0 N–H and O–H groups in total. The molecule has 14 heavy (non-hydrogen) atoms. The van der Waals surface area contributed by atoms with Crippen LogP contribution in [-0.2, 0) is 0 Å². The summed E-state index contributed by atoms with van der Waals surface area (Å²) in [5.74, 6) is 1.28. The number of ether oxygens (including phenoxy) is 1. The molecule has 0 aliphatic rings. The van der Waals surface area contributed by atoms with Crippen LogP contribution < -0.4 is 4.74 Å². The lowest BCUT2D eigenvalue weighted by Gasteiger charge is -2.08. The molecule has 0 unspecified atom stereocenters. The normalized spacial score (nSPS) is 9.93. The van der Waals surface area contributed by atoms with Crippen molar-refractivity contribution in [3.05, 3.63) is 39.8 Å². The van der Waals surface area contributed by atoms with E-state index in [1.165, 1.54) is 0 Å². The molecule has 4 heteroatoms. The van der Waals surface area contributed by atoms with Gasteiger partial charge in [0.1, 0.15) is 12.4 Å². The smallest absolute Gasteiger partial charge is 0.138 e. The highest BCUT2D eigenvalue weighted by Crippen LogP contribution is 2.27. The summed E-state index contributed by atoms with van der Waals surface area (Å²) in [6, 6.07) is 5.49. The maximum atomic E-state index is 5.95. The van der Waals surface area contributed by atoms with Gasteiger partial charge >= 0.3 is 0 Å². The van der Waals surface area contributed by atoms with Gasteiger partial charge in [-0.1, -0.05) is 34.1 Å². The Labute approximate surface area is 103 Å². The summed E-state index contributed by atoms with van der Waals surface area (Å²) in [6.45, 7) is 4.23. The summed E-state index contributed by atoms with van der Waals surface area (Å²) < 4.78 is 6.38. The average Bonchev–Trinajstić information content (AvgIpc) is 2.16. The molecule has 0 radical (unpaired) electrons. The molecule has 0 aromatic heterocycles. The first kappa shape index (κ1) is 12.0. The molecule has 76 valence electrons. The number of hydrogen-bond acceptors (Lipinski definition) is 2. The highest BCUT2D eigenvalue weighted by molar-refractivity contribution is 9.10. The van der Waals surface area contributed by atoms with Crippen LogP contribution in [0.4, 0.5) is 0 Å². The summed E-state index contributed by atoms with van der Waals surface area (Å²) in [5, 5.41) is 0.589. The fraction of sp³-hybridized carbons (Fsp3) is 0.200. The molecule has 0 atom stereocenters. The van der Waals surface area contributed by atoms with Crippen molar-refractivity contribution in [2.75, 3.05) is 12.4 Å². The molecular weight excluding hydrogens is 284 g/mol. The van der Waals surface area contributed by atoms with Crippen LogP contribution in [0.25, 0.3) is 0 Å². The van der Waals surface area contributed by atoms with Gasteiger partial charge in [-0.05, 0) is 23.8 Å². The molecule has 0 fully saturated rings. The van der Waals surface area contributed by atoms with E-state index in [9.17, 15) is 0 Å². The monoisotopic (exact) mass is 292 g/mol. The third-order valence-electron chi connectivity index (χ3n) is 1.55. The second-order valence-corrected chi connectivity index (χ2v) is 4.41. The van der Waals surface area contributed by atoms with Gasteiger partial charge in [0, 0.05) is 10.2 Å². The molecule has 0 aliphatic carbocycles. The van der Waals surface area contributed by atoms with E-state index in [2.05, 4.69) is 35.1 Å². The molecule has 0 spiro atoms. The zero-order valence-corrected chi connectivity index (χ0v) is 10.7. The first-order valence-electron chi connectivity index (χ1n) is 3.99. The second-order valence-electron chi connectivity index (χ2n) is 2.77. The minimum Gasteiger partial charge on any atom is -0.488 e. The second kappa shape index (κ2) is 5.69. The van der Waals surface area contributed by atoms with Crippen LogP contribution in [0.2, 0.25) is 5.02 Å². The predicted octanol–water partition coefficient (Wildman–Crippen LogP) is 3.97. The Hall–Kier alpha value is -0.120. The van der Waals surface area contributed by atoms with Gasteiger partial charge in [0.05, 0.1) is 5.02 Å². The summed E-state index contributed by atoms with van der Waals surface area (Å²) in [5.41, 5.74) is 0.923. The number of benzene rings is 1. The highest BCUT2D eigenvalue weighted by atomic mass is 79.9. The van der Waals surface area contributed by atoms with Crippen molar-refractivity contribution in [1.29, 1.82) is 0 Å². The Bertz CT molecular complexity index is 341. The van der Waals surface area contributed by atoms with Crippen LogP contribution in [0, 0.1) is 0 Å². The summed E-state index contributed by atoms with van der Waals surface area (Å²) in [6.07, 6.45) is 0. The van der Waals surface area contributed by atoms with Crippen molar-refractivity contribution in [1.82, 2.24) is 0 Å². The summed E-state index contributed by atoms with van der Waals surface area (Å²) >= 11 is 13.4. The number of thiol groups is 1. The van der Waals surface area contributed by atoms with Crippen LogP contribution in [0.15, 0.2) is 34.8 Å². The molecule has 0 saturated heterocycles. The van der Waals surface area contributed by atoms with Crippen molar-refractivity contribution >= 4 is 40.2 Å². The van der Waals surface area contributed by atoms with Gasteiger partial charge in [0.15, 0.2) is 0 Å². The third-order valence-corrected chi connectivity index (χ3v) is 2.79. The van der Waals surface area contributed by atoms with E-state index in [0.717, 1.165) is 10.0 Å². The predicted molar refractivity (Wildman–Crippen MR) is 67.6 cm³/mol. The zero-order chi connectivity index (χ0) is 10.6. The van der Waals surface area contributed by atoms with Crippen molar-refractivity contribution in [3.63, 3.8) is 0 Å². The summed E-state index contributed by atoms with van der Waals surface area (Å²) in [4.78, 5) is 0. The minimum atomic E-state index is 0.449. The summed E-state index contributed by atoms with van der Waals surface area (Å²) in [7, 11) is 0. The van der Waals surface area contributed by atoms with E-state index in [0.29, 0.717) is 23.1 Å². The Morgan fingerprint density at radius 1 is 1.57 bits per heavy atom. The zero-order valence-electron chi connectivity index (χ0n) is 7.46. The molecule has 0 bridgehead atoms. The van der Waals surface area contributed by atoms with Crippen molar-refractivity contribution < 1.29 is 4.74 Å². The first-order chi connectivity index (χ1) is 6.63. The third kappa shape index (κ3) is 3.56. The van der Waals surface area contributed by atoms with Crippen LogP contribution in [-0.4, -0.2) is 12.4 Å². The fourth-order valence-electron chi connectivity index (χ4n) is 0.818. The van der Waals surface area contributed by atoms with Gasteiger partial charge in [-0.15, -0.1) is 0 Å². The Morgan fingerprint density at radius 3 is 2.86 bits per heavy atom. The van der Waals surface area contributed by atoms with E-state index in [-0.39, 0.29) is 0 Å². The topological polar surface area (TPSA) is 9.23 Å². The minimum absolute atomic E-state index is 0.449. The number of hydrogen-bond donors (Lipinski definition) is 1. The van der Waals surface area contributed by atoms with Crippen LogP contribution >= 0.6 is 40.2 Å². The standard InChI is InChI=1S/C10H10BrClOS/c1-7(6-14)5-13-10-3-2-8(11)4-9(10)12/h2-4,14H,1,5-6H2. The van der Waals surface area contributed by atoms with E-state index < -0.39 is 0 Å². The molecular formula is C10H10BrClOS. The molecule has 0 saturated carbocycles. The van der Waals surface area contributed by atoms with Crippen LogP contribution in [0.3, 0.4) is 0 Å². The lowest BCUT2D eigenvalue weighted by molar-refractivity contribution is 0.353. The van der Waals surface area contributed by atoms with Gasteiger partial charge in [0.25, 0.3) is 0 Å². The van der Waals surface area contributed by atoms with Gasteiger partial charge < -0.3 is 4.74 Å². The number of halogens is 2. The molecule has 1 rings (SSSR count). The van der Waals surface area contributed by atoms with E-state index >= 15 is 0 Å². The van der Waals surface area contributed by atoms with Crippen LogP contribution in [0.5, 0.6) is 5.75 Å². The molecule has 0 heterocycles. The van der Waals surface area contributed by atoms with E-state index in [1.54, 1.807) is 6.07 Å². The maximum Gasteiger partial charge on any atom is 0.138 e. The Morgan fingerprint density at radius 2 is 2.29 bits per heavy atom. The molecule has 0 amide bonds. The molecule has 0 aliphatic heterocycles. The maximum absolute atomic E-state index is 5.95. The van der Waals surface area contributed by atoms with Gasteiger partial charge in [-0.3, -0.25) is 0 Å². The molecule has 1 aromatic rings. The van der Waals surface area contributed by atoms with Gasteiger partial charge in [-0.2, -0.15) is 12.6 Å². The van der Waals surface area contributed by atoms with E-state index in [4.69, 9.17) is 16.3 Å². The molecule has 1 nitrogen and oxygen atoms in total. The number of rotatable bonds is 4.